The van der Waals surface area contributed by atoms with E-state index in [0.717, 1.165) is 30.1 Å². The van der Waals surface area contributed by atoms with Gasteiger partial charge in [0.05, 0.1) is 17.7 Å². The van der Waals surface area contributed by atoms with Crippen LogP contribution < -0.4 is 10.2 Å². The average Bonchev–Trinajstić information content (AvgIpc) is 2.97. The Morgan fingerprint density at radius 3 is 2.81 bits per heavy atom. The van der Waals surface area contributed by atoms with E-state index in [1.54, 1.807) is 18.4 Å². The number of hydrogen-bond acceptors (Lipinski definition) is 5. The number of nitro groups is 1. The van der Waals surface area contributed by atoms with E-state index in [1.165, 1.54) is 0 Å². The van der Waals surface area contributed by atoms with Crippen LogP contribution in [0.25, 0.3) is 0 Å². The van der Waals surface area contributed by atoms with Gasteiger partial charge in [0.1, 0.15) is 5.76 Å². The van der Waals surface area contributed by atoms with Crippen molar-refractivity contribution in [1.82, 2.24) is 0 Å². The highest BCUT2D eigenvalue weighted by molar-refractivity contribution is 5.64. The van der Waals surface area contributed by atoms with Crippen LogP contribution in [-0.2, 0) is 6.54 Å². The maximum Gasteiger partial charge on any atom is 0.273 e. The van der Waals surface area contributed by atoms with Gasteiger partial charge in [0.15, 0.2) is 0 Å². The molecule has 6 heteroatoms. The van der Waals surface area contributed by atoms with Gasteiger partial charge in [-0.15, -0.1) is 0 Å². The van der Waals surface area contributed by atoms with Crippen molar-refractivity contribution in [3.05, 3.63) is 52.5 Å². The second-order valence-electron chi connectivity index (χ2n) is 4.86. The van der Waals surface area contributed by atoms with E-state index in [0.29, 0.717) is 6.54 Å². The monoisotopic (exact) mass is 289 g/mol. The second kappa shape index (κ2) is 6.78. The molecule has 0 aliphatic rings. The van der Waals surface area contributed by atoms with Crippen molar-refractivity contribution in [3.63, 3.8) is 0 Å². The summed E-state index contributed by atoms with van der Waals surface area (Å²) < 4.78 is 5.31. The van der Waals surface area contributed by atoms with Crippen molar-refractivity contribution in [2.45, 2.75) is 19.9 Å². The Balaban J connectivity index is 2.23. The summed E-state index contributed by atoms with van der Waals surface area (Å²) in [5.74, 6) is 0.812. The zero-order valence-corrected chi connectivity index (χ0v) is 12.2. The molecule has 112 valence electrons. The van der Waals surface area contributed by atoms with Gasteiger partial charge in [-0.1, -0.05) is 6.92 Å². The van der Waals surface area contributed by atoms with Gasteiger partial charge >= 0.3 is 0 Å². The maximum absolute atomic E-state index is 11.1. The molecule has 2 aromatic rings. The Morgan fingerprint density at radius 1 is 1.38 bits per heavy atom. The number of hydrogen-bond donors (Lipinski definition) is 1. The van der Waals surface area contributed by atoms with Gasteiger partial charge in [-0.05, 0) is 24.6 Å². The molecule has 0 aliphatic heterocycles. The van der Waals surface area contributed by atoms with Crippen LogP contribution in [0.5, 0.6) is 0 Å². The van der Waals surface area contributed by atoms with E-state index in [4.69, 9.17) is 4.42 Å². The lowest BCUT2D eigenvalue weighted by atomic mass is 10.2. The third kappa shape index (κ3) is 3.98. The van der Waals surface area contributed by atoms with Gasteiger partial charge in [0.2, 0.25) is 0 Å². The number of nitrogens with one attached hydrogen (secondary N) is 1. The van der Waals surface area contributed by atoms with E-state index in [9.17, 15) is 10.1 Å². The van der Waals surface area contributed by atoms with Crippen LogP contribution in [-0.4, -0.2) is 18.5 Å². The fourth-order valence-corrected chi connectivity index (χ4v) is 2.02. The van der Waals surface area contributed by atoms with Crippen molar-refractivity contribution >= 4 is 17.1 Å². The smallest absolute Gasteiger partial charge is 0.273 e. The number of rotatable bonds is 7. The highest BCUT2D eigenvalue weighted by atomic mass is 16.6. The molecule has 1 heterocycles. The van der Waals surface area contributed by atoms with Crippen molar-refractivity contribution in [1.29, 1.82) is 0 Å². The molecule has 1 aromatic carbocycles. The Hall–Kier alpha value is -2.50. The first-order valence-electron chi connectivity index (χ1n) is 6.87. The third-order valence-corrected chi connectivity index (χ3v) is 3.11. The molecule has 0 aliphatic carbocycles. The van der Waals surface area contributed by atoms with E-state index < -0.39 is 0 Å². The Kier molecular flexibility index (Phi) is 4.81. The van der Waals surface area contributed by atoms with Crippen LogP contribution in [0, 0.1) is 10.1 Å². The molecule has 0 unspecified atom stereocenters. The lowest BCUT2D eigenvalue weighted by molar-refractivity contribution is -0.384. The largest absolute Gasteiger partial charge is 0.467 e. The van der Waals surface area contributed by atoms with Gasteiger partial charge in [0.25, 0.3) is 5.69 Å². The van der Waals surface area contributed by atoms with Crippen LogP contribution in [0.1, 0.15) is 19.1 Å². The van der Waals surface area contributed by atoms with E-state index in [-0.39, 0.29) is 10.6 Å². The van der Waals surface area contributed by atoms with Crippen molar-refractivity contribution in [2.24, 2.45) is 0 Å². The summed E-state index contributed by atoms with van der Waals surface area (Å²) in [5.41, 5.74) is 1.61. The number of benzene rings is 1. The summed E-state index contributed by atoms with van der Waals surface area (Å²) in [7, 11) is 1.88. The Morgan fingerprint density at radius 2 is 2.19 bits per heavy atom. The second-order valence-corrected chi connectivity index (χ2v) is 4.86. The number of furan rings is 1. The molecule has 0 bridgehead atoms. The quantitative estimate of drug-likeness (QED) is 0.622. The normalized spacial score (nSPS) is 10.4. The zero-order chi connectivity index (χ0) is 15.2. The predicted molar refractivity (Wildman–Crippen MR) is 82.7 cm³/mol. The van der Waals surface area contributed by atoms with E-state index in [1.807, 2.05) is 37.1 Å². The number of nitrogens with zero attached hydrogens (tertiary/aromatic N) is 2. The predicted octanol–water partition coefficient (Wildman–Crippen LogP) is 3.65. The summed E-state index contributed by atoms with van der Waals surface area (Å²) in [6.45, 7) is 3.39. The minimum Gasteiger partial charge on any atom is -0.467 e. The molecule has 0 saturated carbocycles. The van der Waals surface area contributed by atoms with E-state index >= 15 is 0 Å². The molecule has 0 amide bonds. The molecule has 1 aromatic heterocycles. The lowest BCUT2D eigenvalue weighted by Gasteiger charge is -2.19. The van der Waals surface area contributed by atoms with Crippen LogP contribution in [0.4, 0.5) is 17.1 Å². The fourth-order valence-electron chi connectivity index (χ4n) is 2.02. The molecule has 0 atom stereocenters. The van der Waals surface area contributed by atoms with Gasteiger partial charge < -0.3 is 14.6 Å². The van der Waals surface area contributed by atoms with Crippen LogP contribution in [0.2, 0.25) is 0 Å². The van der Waals surface area contributed by atoms with Gasteiger partial charge in [-0.3, -0.25) is 10.1 Å². The van der Waals surface area contributed by atoms with Gasteiger partial charge in [-0.2, -0.15) is 0 Å². The first-order valence-corrected chi connectivity index (χ1v) is 6.87. The standard InChI is InChI=1S/C15H19N3O3/c1-3-6-16-12-8-13(10-14(9-12)18(19)20)17(2)11-15-5-4-7-21-15/h4-5,7-10,16H,3,6,11H2,1-2H3. The van der Waals surface area contributed by atoms with Crippen LogP contribution in [0.3, 0.4) is 0 Å². The van der Waals surface area contributed by atoms with Crippen molar-refractivity contribution in [3.8, 4) is 0 Å². The molecule has 0 spiro atoms. The molecular weight excluding hydrogens is 270 g/mol. The van der Waals surface area contributed by atoms with Crippen molar-refractivity contribution in [2.75, 3.05) is 23.8 Å². The molecule has 2 rings (SSSR count). The van der Waals surface area contributed by atoms with Gasteiger partial charge in [0, 0.05) is 37.1 Å². The van der Waals surface area contributed by atoms with Crippen LogP contribution in [0.15, 0.2) is 41.0 Å². The molecule has 21 heavy (non-hydrogen) atoms. The maximum atomic E-state index is 11.1. The Labute approximate surface area is 123 Å². The summed E-state index contributed by atoms with van der Waals surface area (Å²) in [4.78, 5) is 12.6. The summed E-state index contributed by atoms with van der Waals surface area (Å²) in [6, 6.07) is 8.74. The first kappa shape index (κ1) is 14.9. The van der Waals surface area contributed by atoms with Gasteiger partial charge in [-0.25, -0.2) is 0 Å². The minimum absolute atomic E-state index is 0.0809. The molecule has 0 fully saturated rings. The van der Waals surface area contributed by atoms with Crippen molar-refractivity contribution < 1.29 is 9.34 Å². The first-order chi connectivity index (χ1) is 10.1. The number of nitro benzene ring substituents is 1. The zero-order valence-electron chi connectivity index (χ0n) is 12.2. The van der Waals surface area contributed by atoms with E-state index in [2.05, 4.69) is 5.32 Å². The molecular formula is C15H19N3O3. The summed E-state index contributed by atoms with van der Waals surface area (Å²) in [5, 5.41) is 14.2. The minimum atomic E-state index is -0.374. The highest BCUT2D eigenvalue weighted by Crippen LogP contribution is 2.27. The SMILES string of the molecule is CCCNc1cc(N(C)Cc2ccco2)cc([N+](=O)[O-])c1. The fraction of sp³-hybridized carbons (Fsp3) is 0.333. The summed E-state index contributed by atoms with van der Waals surface area (Å²) >= 11 is 0. The number of anilines is 2. The lowest BCUT2D eigenvalue weighted by Crippen LogP contribution is -2.16. The van der Waals surface area contributed by atoms with Crippen LogP contribution >= 0.6 is 0 Å². The topological polar surface area (TPSA) is 71.5 Å². The summed E-state index contributed by atoms with van der Waals surface area (Å²) in [6.07, 6.45) is 2.57. The third-order valence-electron chi connectivity index (χ3n) is 3.11. The molecule has 0 radical (unpaired) electrons. The molecule has 6 nitrogen and oxygen atoms in total. The average molecular weight is 289 g/mol. The highest BCUT2D eigenvalue weighted by Gasteiger charge is 2.13. The molecule has 1 N–H and O–H groups in total. The Bertz CT molecular complexity index is 596. The molecule has 0 saturated heterocycles. The number of non-ortho nitro benzene ring substituents is 1.